The number of ether oxygens (including phenoxy) is 1. The van der Waals surface area contributed by atoms with Crippen molar-refractivity contribution in [3.63, 3.8) is 0 Å². The van der Waals surface area contributed by atoms with E-state index in [9.17, 15) is 43.7 Å². The van der Waals surface area contributed by atoms with Crippen molar-refractivity contribution in [1.29, 1.82) is 0 Å². The minimum Gasteiger partial charge on any atom is -0.457 e. The van der Waals surface area contributed by atoms with E-state index in [-0.39, 0.29) is 29.6 Å². The second kappa shape index (κ2) is 19.4. The van der Waals surface area contributed by atoms with Crippen molar-refractivity contribution >= 4 is 74.9 Å². The SMILES string of the molecule is C=C(C)C(=O)NCCc1ccc(OC(C=CC2=[N+](CCCS(=O)(=O)O)c3ccc4c(S(=O)(=O)O)cc(S(=O)(=O)O)cc4c3C2(C)C)=CC=C2N(CCCC)c3ccc4ccccc4c3C2(C)C)cc1. The van der Waals surface area contributed by atoms with Gasteiger partial charge in [-0.15, -0.1) is 0 Å². The van der Waals surface area contributed by atoms with Crippen molar-refractivity contribution in [3.8, 4) is 5.75 Å². The summed E-state index contributed by atoms with van der Waals surface area (Å²) in [5.41, 5.74) is 4.75. The maximum atomic E-state index is 12.7. The molecular weight excluding hydrogens is 939 g/mol. The number of rotatable bonds is 18. The number of carbonyl (C=O) groups excluding carboxylic acids is 1. The summed E-state index contributed by atoms with van der Waals surface area (Å²) in [5.74, 6) is 0.125. The fourth-order valence-corrected chi connectivity index (χ4v) is 11.4. The lowest BCUT2D eigenvalue weighted by molar-refractivity contribution is -0.437. The van der Waals surface area contributed by atoms with E-state index in [1.165, 1.54) is 11.6 Å². The molecular formula is C52H58N3O11S3+. The Morgan fingerprint density at radius 3 is 2.19 bits per heavy atom. The summed E-state index contributed by atoms with van der Waals surface area (Å²) < 4.78 is 113. The quantitative estimate of drug-likeness (QED) is 0.0213. The van der Waals surface area contributed by atoms with Gasteiger partial charge in [-0.1, -0.05) is 76.2 Å². The molecule has 0 saturated heterocycles. The van der Waals surface area contributed by atoms with Gasteiger partial charge < -0.3 is 15.0 Å². The highest BCUT2D eigenvalue weighted by Gasteiger charge is 2.46. The molecule has 0 unspecified atom stereocenters. The molecule has 0 radical (unpaired) electrons. The molecule has 17 heteroatoms. The van der Waals surface area contributed by atoms with E-state index in [0.29, 0.717) is 53.1 Å². The zero-order valence-electron chi connectivity index (χ0n) is 39.5. The fourth-order valence-electron chi connectivity index (χ4n) is 9.52. The number of carbonyl (C=O) groups is 1. The third-order valence-corrected chi connectivity index (χ3v) is 15.3. The van der Waals surface area contributed by atoms with Gasteiger partial charge in [-0.3, -0.25) is 18.5 Å². The molecule has 0 aliphatic carbocycles. The first-order valence-corrected chi connectivity index (χ1v) is 27.1. The average Bonchev–Trinajstić information content (AvgIpc) is 3.63. The number of hydrogen-bond donors (Lipinski definition) is 4. The molecule has 2 heterocycles. The number of allylic oxidation sites excluding steroid dienone is 5. The van der Waals surface area contributed by atoms with Crippen molar-refractivity contribution in [3.05, 3.63) is 150 Å². The highest BCUT2D eigenvalue weighted by atomic mass is 32.2. The fraction of sp³-hybridized carbons (Fsp3) is 0.308. The Kier molecular flexibility index (Phi) is 14.4. The molecule has 2 aliphatic heterocycles. The van der Waals surface area contributed by atoms with Crippen LogP contribution in [0.4, 0.5) is 11.4 Å². The maximum absolute atomic E-state index is 12.7. The highest BCUT2D eigenvalue weighted by Crippen LogP contribution is 2.51. The number of fused-ring (bicyclic) bond motifs is 6. The summed E-state index contributed by atoms with van der Waals surface area (Å²) >= 11 is 0. The van der Waals surface area contributed by atoms with Crippen molar-refractivity contribution < 1.29 is 53.0 Å². The monoisotopic (exact) mass is 996 g/mol. The smallest absolute Gasteiger partial charge is 0.295 e. The van der Waals surface area contributed by atoms with E-state index >= 15 is 0 Å². The van der Waals surface area contributed by atoms with E-state index in [1.54, 1.807) is 25.1 Å². The van der Waals surface area contributed by atoms with Crippen LogP contribution in [-0.4, -0.2) is 80.5 Å². The maximum Gasteiger partial charge on any atom is 0.295 e. The minimum atomic E-state index is -5.01. The Morgan fingerprint density at radius 2 is 1.54 bits per heavy atom. The van der Waals surface area contributed by atoms with Gasteiger partial charge in [-0.25, -0.2) is 0 Å². The van der Waals surface area contributed by atoms with Gasteiger partial charge in [0.1, 0.15) is 22.9 Å². The number of nitrogens with one attached hydrogen (secondary N) is 1. The molecule has 0 spiro atoms. The third-order valence-electron chi connectivity index (χ3n) is 12.8. The second-order valence-electron chi connectivity index (χ2n) is 18.5. The molecule has 4 N–H and O–H groups in total. The van der Waals surface area contributed by atoms with Crippen molar-refractivity contribution in [2.75, 3.05) is 30.3 Å². The van der Waals surface area contributed by atoms with Crippen LogP contribution in [0.5, 0.6) is 5.75 Å². The zero-order chi connectivity index (χ0) is 50.3. The summed E-state index contributed by atoms with van der Waals surface area (Å²) in [5, 5.41) is 5.26. The molecule has 5 aromatic carbocycles. The molecule has 5 aromatic rings. The largest absolute Gasteiger partial charge is 0.457 e. The van der Waals surface area contributed by atoms with Gasteiger partial charge >= 0.3 is 0 Å². The molecule has 0 saturated carbocycles. The number of unbranched alkanes of at least 4 members (excludes halogenated alkanes) is 1. The van der Waals surface area contributed by atoms with Gasteiger partial charge in [0, 0.05) is 65.0 Å². The Balaban J connectivity index is 1.38. The first kappa shape index (κ1) is 50.9. The minimum absolute atomic E-state index is 0.00221. The number of benzene rings is 5. The first-order valence-electron chi connectivity index (χ1n) is 22.6. The van der Waals surface area contributed by atoms with Crippen LogP contribution in [-0.2, 0) is 52.4 Å². The van der Waals surface area contributed by atoms with Gasteiger partial charge in [-0.2, -0.15) is 29.8 Å². The highest BCUT2D eigenvalue weighted by molar-refractivity contribution is 7.87. The molecule has 0 fully saturated rings. The van der Waals surface area contributed by atoms with Crippen LogP contribution in [0.25, 0.3) is 21.5 Å². The Morgan fingerprint density at radius 1 is 0.826 bits per heavy atom. The van der Waals surface area contributed by atoms with E-state index in [4.69, 9.17) is 4.74 Å². The topological polar surface area (TPSA) is 208 Å². The summed E-state index contributed by atoms with van der Waals surface area (Å²) in [6, 6.07) is 25.0. The molecule has 69 heavy (non-hydrogen) atoms. The molecule has 14 nitrogen and oxygen atoms in total. The molecule has 0 bridgehead atoms. The molecule has 7 rings (SSSR count). The van der Waals surface area contributed by atoms with E-state index in [2.05, 4.69) is 67.9 Å². The van der Waals surface area contributed by atoms with Gasteiger partial charge in [0.15, 0.2) is 5.71 Å². The van der Waals surface area contributed by atoms with Crippen molar-refractivity contribution in [1.82, 2.24) is 5.32 Å². The number of hydrogen-bond acceptors (Lipinski definition) is 9. The van der Waals surface area contributed by atoms with Crippen LogP contribution >= 0.6 is 0 Å². The Hall–Kier alpha value is -5.95. The lowest BCUT2D eigenvalue weighted by atomic mass is 9.79. The number of amides is 1. The third kappa shape index (κ3) is 10.8. The van der Waals surface area contributed by atoms with Crippen LogP contribution in [0.3, 0.4) is 0 Å². The molecule has 364 valence electrons. The van der Waals surface area contributed by atoms with Crippen LogP contribution in [0.2, 0.25) is 0 Å². The lowest BCUT2D eigenvalue weighted by Crippen LogP contribution is -2.28. The summed E-state index contributed by atoms with van der Waals surface area (Å²) in [4.78, 5) is 13.0. The Bertz CT molecular complexity index is 3370. The molecule has 0 aromatic heterocycles. The summed E-state index contributed by atoms with van der Waals surface area (Å²) in [6.45, 7) is 16.8. The van der Waals surface area contributed by atoms with Gasteiger partial charge in [-0.05, 0) is 116 Å². The molecule has 1 amide bonds. The van der Waals surface area contributed by atoms with Gasteiger partial charge in [0.25, 0.3) is 30.4 Å². The first-order chi connectivity index (χ1) is 32.3. The number of nitrogens with zero attached hydrogens (tertiary/aromatic N) is 2. The van der Waals surface area contributed by atoms with Crippen molar-refractivity contribution in [2.24, 2.45) is 0 Å². The normalized spacial score (nSPS) is 16.4. The Labute approximate surface area is 404 Å². The van der Waals surface area contributed by atoms with Gasteiger partial charge in [0.05, 0.1) is 16.1 Å². The van der Waals surface area contributed by atoms with Crippen LogP contribution in [0.1, 0.15) is 77.5 Å². The predicted molar refractivity (Wildman–Crippen MR) is 271 cm³/mol. The average molecular weight is 997 g/mol. The van der Waals surface area contributed by atoms with E-state index in [1.807, 2.05) is 60.9 Å². The molecule has 2 aliphatic rings. The van der Waals surface area contributed by atoms with E-state index in [0.717, 1.165) is 53.2 Å². The second-order valence-corrected chi connectivity index (χ2v) is 22.9. The zero-order valence-corrected chi connectivity index (χ0v) is 41.9. The van der Waals surface area contributed by atoms with Crippen molar-refractivity contribution in [2.45, 2.75) is 87.8 Å². The summed E-state index contributed by atoms with van der Waals surface area (Å²) in [6.07, 6.45) is 10.00. The lowest BCUT2D eigenvalue weighted by Gasteiger charge is -2.27. The van der Waals surface area contributed by atoms with Crippen LogP contribution in [0, 0.1) is 0 Å². The summed E-state index contributed by atoms with van der Waals surface area (Å²) in [7, 11) is -14.3. The van der Waals surface area contributed by atoms with Gasteiger partial charge in [0.2, 0.25) is 11.6 Å². The molecule has 0 atom stereocenters. The predicted octanol–water partition coefficient (Wildman–Crippen LogP) is 9.38. The van der Waals surface area contributed by atoms with E-state index < -0.39 is 56.7 Å². The van der Waals surface area contributed by atoms with Crippen LogP contribution < -0.4 is 15.0 Å². The van der Waals surface area contributed by atoms with Crippen LogP contribution in [0.15, 0.2) is 143 Å². The number of anilines is 1. The standard InChI is InChI=1S/C52H57N3O11S3/c1-8-9-29-54-43-23-17-36-13-10-11-14-40(36)48(43)51(4,5)46(54)25-20-38(66-37-18-15-35(16-19-37)27-28-53-50(56)34(2)3)21-26-47-52(6,7)49-42-32-39(68(60,61)62)33-45(69(63,64)65)41(42)22-24-44(49)55(47)30-12-31-67(57,58)59/h10-11,13-26,32-33H,2,8-9,12,27-31H2,1,3-7H3,(H3-,53,56,57,58,59,60,61,62,63,64,65)/p+1.